The van der Waals surface area contributed by atoms with E-state index in [1.807, 2.05) is 4.90 Å². The van der Waals surface area contributed by atoms with Gasteiger partial charge in [0.1, 0.15) is 5.54 Å². The number of nitrogens with zero attached hydrogens (tertiary/aromatic N) is 1. The number of hydrogen-bond donors (Lipinski definition) is 2. The number of piperidine rings is 1. The van der Waals surface area contributed by atoms with Crippen LogP contribution in [0.3, 0.4) is 0 Å². The van der Waals surface area contributed by atoms with Gasteiger partial charge in [0.25, 0.3) is 0 Å². The molecule has 1 heterocycles. The van der Waals surface area contributed by atoms with Gasteiger partial charge < -0.3 is 10.0 Å². The summed E-state index contributed by atoms with van der Waals surface area (Å²) in [5.74, 6) is -0.904. The smallest absolute Gasteiger partial charge is 0.323 e. The Balaban J connectivity index is 2.60. The summed E-state index contributed by atoms with van der Waals surface area (Å²) in [7, 11) is 0. The highest BCUT2D eigenvalue weighted by atomic mass is 16.4. The lowest BCUT2D eigenvalue weighted by Crippen LogP contribution is -2.57. The van der Waals surface area contributed by atoms with Crippen LogP contribution in [0.15, 0.2) is 0 Å². The van der Waals surface area contributed by atoms with Gasteiger partial charge >= 0.3 is 5.97 Å². The van der Waals surface area contributed by atoms with Gasteiger partial charge in [-0.2, -0.15) is 0 Å². The first kappa shape index (κ1) is 15.0. The molecule has 18 heavy (non-hydrogen) atoms. The molecule has 0 aliphatic carbocycles. The molecule has 0 aromatic heterocycles. The number of aliphatic carboxylic acids is 1. The van der Waals surface area contributed by atoms with E-state index >= 15 is 0 Å². The number of rotatable bonds is 5. The topological polar surface area (TPSA) is 69.6 Å². The van der Waals surface area contributed by atoms with Crippen molar-refractivity contribution in [1.82, 2.24) is 10.2 Å². The lowest BCUT2D eigenvalue weighted by molar-refractivity contribution is -0.145. The highest BCUT2D eigenvalue weighted by Gasteiger charge is 2.35. The molecule has 2 atom stereocenters. The number of amides is 1. The molecule has 1 aliphatic rings. The Kier molecular flexibility index (Phi) is 5.14. The fraction of sp³-hybridized carbons (Fsp3) is 0.846. The minimum Gasteiger partial charge on any atom is -0.480 e. The minimum atomic E-state index is -1.04. The largest absolute Gasteiger partial charge is 0.480 e. The second-order valence-electron chi connectivity index (χ2n) is 5.24. The average Bonchev–Trinajstić information content (AvgIpc) is 2.38. The predicted molar refractivity (Wildman–Crippen MR) is 69.4 cm³/mol. The van der Waals surface area contributed by atoms with Gasteiger partial charge in [-0.05, 0) is 39.5 Å². The van der Waals surface area contributed by atoms with E-state index < -0.39 is 17.6 Å². The fourth-order valence-electron chi connectivity index (χ4n) is 2.24. The van der Waals surface area contributed by atoms with Gasteiger partial charge in [0.2, 0.25) is 5.91 Å². The van der Waals surface area contributed by atoms with Crippen LogP contribution in [0.25, 0.3) is 0 Å². The van der Waals surface area contributed by atoms with Crippen LogP contribution in [-0.2, 0) is 9.59 Å². The van der Waals surface area contributed by atoms with Crippen molar-refractivity contribution in [2.45, 2.75) is 58.0 Å². The molecule has 0 bridgehead atoms. The third-order valence-corrected chi connectivity index (χ3v) is 3.75. The molecular weight excluding hydrogens is 232 g/mol. The second-order valence-corrected chi connectivity index (χ2v) is 5.24. The zero-order chi connectivity index (χ0) is 13.8. The van der Waals surface area contributed by atoms with E-state index in [4.69, 9.17) is 0 Å². The number of carboxylic acids is 1. The van der Waals surface area contributed by atoms with Crippen LogP contribution < -0.4 is 5.32 Å². The Hall–Kier alpha value is -1.10. The lowest BCUT2D eigenvalue weighted by atomic mass is 9.97. The molecule has 2 unspecified atom stereocenters. The molecule has 0 saturated carbocycles. The molecule has 1 rings (SSSR count). The maximum absolute atomic E-state index is 12.2. The molecule has 0 radical (unpaired) electrons. The van der Waals surface area contributed by atoms with Crippen LogP contribution in [0.1, 0.15) is 46.5 Å². The van der Waals surface area contributed by atoms with Crippen molar-refractivity contribution >= 4 is 11.9 Å². The van der Waals surface area contributed by atoms with Gasteiger partial charge in [-0.3, -0.25) is 14.9 Å². The third-order valence-electron chi connectivity index (χ3n) is 3.75. The zero-order valence-electron chi connectivity index (χ0n) is 11.5. The molecule has 0 aromatic rings. The van der Waals surface area contributed by atoms with Crippen LogP contribution in [-0.4, -0.2) is 46.6 Å². The Labute approximate surface area is 109 Å². The van der Waals surface area contributed by atoms with E-state index in [0.29, 0.717) is 6.42 Å². The van der Waals surface area contributed by atoms with Gasteiger partial charge in [-0.15, -0.1) is 0 Å². The number of carboxylic acid groups (broad SMARTS) is 1. The molecule has 5 heteroatoms. The van der Waals surface area contributed by atoms with E-state index in [0.717, 1.165) is 25.9 Å². The quantitative estimate of drug-likeness (QED) is 0.776. The predicted octanol–water partition coefficient (Wildman–Crippen LogP) is 1.23. The van der Waals surface area contributed by atoms with Crippen molar-refractivity contribution in [3.63, 3.8) is 0 Å². The standard InChI is InChI=1S/C13H24N2O3/c1-4-13(3,12(17)18)14-10(2)11(16)15-8-6-5-7-9-15/h10,14H,4-9H2,1-3H3,(H,17,18). The Morgan fingerprint density at radius 3 is 2.33 bits per heavy atom. The first-order chi connectivity index (χ1) is 8.40. The molecule has 104 valence electrons. The number of carbonyl (C=O) groups excluding carboxylic acids is 1. The molecule has 0 aromatic carbocycles. The van der Waals surface area contributed by atoms with Crippen LogP contribution >= 0.6 is 0 Å². The molecule has 5 nitrogen and oxygen atoms in total. The average molecular weight is 256 g/mol. The van der Waals surface area contributed by atoms with Gasteiger partial charge in [0, 0.05) is 13.1 Å². The van der Waals surface area contributed by atoms with Crippen LogP contribution in [0, 0.1) is 0 Å². The Morgan fingerprint density at radius 2 is 1.89 bits per heavy atom. The summed E-state index contributed by atoms with van der Waals surface area (Å²) < 4.78 is 0. The number of nitrogens with one attached hydrogen (secondary N) is 1. The molecule has 1 fully saturated rings. The SMILES string of the molecule is CCC(C)(NC(C)C(=O)N1CCCCC1)C(=O)O. The van der Waals surface area contributed by atoms with Crippen LogP contribution in [0.4, 0.5) is 0 Å². The summed E-state index contributed by atoms with van der Waals surface area (Å²) in [6.07, 6.45) is 3.71. The summed E-state index contributed by atoms with van der Waals surface area (Å²) in [5, 5.41) is 12.1. The monoisotopic (exact) mass is 256 g/mol. The molecule has 0 spiro atoms. The van der Waals surface area contributed by atoms with E-state index in [1.165, 1.54) is 6.42 Å². The summed E-state index contributed by atoms with van der Waals surface area (Å²) in [4.78, 5) is 25.2. The normalized spacial score (nSPS) is 21.2. The van der Waals surface area contributed by atoms with Crippen molar-refractivity contribution in [3.8, 4) is 0 Å². The summed E-state index contributed by atoms with van der Waals surface area (Å²) in [6, 6.07) is -0.454. The number of likely N-dealkylation sites (tertiary alicyclic amines) is 1. The van der Waals surface area contributed by atoms with Gasteiger partial charge in [-0.25, -0.2) is 0 Å². The molecule has 1 aliphatic heterocycles. The second kappa shape index (κ2) is 6.18. The third kappa shape index (κ3) is 3.45. The summed E-state index contributed by atoms with van der Waals surface area (Å²) >= 11 is 0. The molecule has 2 N–H and O–H groups in total. The first-order valence-electron chi connectivity index (χ1n) is 6.70. The van der Waals surface area contributed by atoms with E-state index in [9.17, 15) is 14.7 Å². The van der Waals surface area contributed by atoms with E-state index in [2.05, 4.69) is 5.32 Å². The van der Waals surface area contributed by atoms with Crippen LogP contribution in [0.2, 0.25) is 0 Å². The van der Waals surface area contributed by atoms with Crippen molar-refractivity contribution in [2.24, 2.45) is 0 Å². The molecule has 1 saturated heterocycles. The molecular formula is C13H24N2O3. The number of hydrogen-bond acceptors (Lipinski definition) is 3. The minimum absolute atomic E-state index is 0.00984. The summed E-state index contributed by atoms with van der Waals surface area (Å²) in [6.45, 7) is 6.75. The van der Waals surface area contributed by atoms with Crippen molar-refractivity contribution < 1.29 is 14.7 Å². The van der Waals surface area contributed by atoms with Gasteiger partial charge in [0.15, 0.2) is 0 Å². The van der Waals surface area contributed by atoms with Gasteiger partial charge in [0.05, 0.1) is 6.04 Å². The fourth-order valence-corrected chi connectivity index (χ4v) is 2.24. The van der Waals surface area contributed by atoms with E-state index in [1.54, 1.807) is 20.8 Å². The maximum atomic E-state index is 12.2. The highest BCUT2D eigenvalue weighted by molar-refractivity contribution is 5.84. The van der Waals surface area contributed by atoms with Gasteiger partial charge in [-0.1, -0.05) is 6.92 Å². The maximum Gasteiger partial charge on any atom is 0.323 e. The van der Waals surface area contributed by atoms with Crippen molar-refractivity contribution in [3.05, 3.63) is 0 Å². The first-order valence-corrected chi connectivity index (χ1v) is 6.70. The summed E-state index contributed by atoms with van der Waals surface area (Å²) in [5.41, 5.74) is -1.04. The Bertz CT molecular complexity index is 313. The van der Waals surface area contributed by atoms with E-state index in [-0.39, 0.29) is 5.91 Å². The Morgan fingerprint density at radius 1 is 1.33 bits per heavy atom. The van der Waals surface area contributed by atoms with Crippen molar-refractivity contribution in [2.75, 3.05) is 13.1 Å². The lowest BCUT2D eigenvalue weighted by Gasteiger charge is -2.33. The van der Waals surface area contributed by atoms with Crippen LogP contribution in [0.5, 0.6) is 0 Å². The number of carbonyl (C=O) groups is 2. The highest BCUT2D eigenvalue weighted by Crippen LogP contribution is 2.14. The molecule has 1 amide bonds. The zero-order valence-corrected chi connectivity index (χ0v) is 11.5. The van der Waals surface area contributed by atoms with Crippen molar-refractivity contribution in [1.29, 1.82) is 0 Å².